The molecular weight excluding hydrogens is 314 g/mol. The first kappa shape index (κ1) is 13.9. The van der Waals surface area contributed by atoms with Crippen molar-refractivity contribution in [1.82, 2.24) is 9.97 Å². The van der Waals surface area contributed by atoms with E-state index in [1.54, 1.807) is 31.0 Å². The predicted octanol–water partition coefficient (Wildman–Crippen LogP) is 3.26. The van der Waals surface area contributed by atoms with E-state index in [0.717, 1.165) is 21.8 Å². The number of pyridine rings is 2. The fraction of sp³-hybridized carbons (Fsp3) is 0. The molecule has 2 heterocycles. The minimum atomic E-state index is 0.977. The Bertz CT molecular complexity index is 805. The van der Waals surface area contributed by atoms with E-state index < -0.39 is 0 Å². The van der Waals surface area contributed by atoms with Gasteiger partial charge >= 0.3 is 53.0 Å². The van der Waals surface area contributed by atoms with E-state index in [1.165, 1.54) is 4.12 Å². The van der Waals surface area contributed by atoms with Crippen LogP contribution in [0.2, 0.25) is 0 Å². The molecule has 4 rings (SSSR count). The molecule has 0 bridgehead atoms. The van der Waals surface area contributed by atoms with Gasteiger partial charge in [0.25, 0.3) is 0 Å². The minimum absolute atomic E-state index is 0.977. The summed E-state index contributed by atoms with van der Waals surface area (Å²) in [5, 5.41) is 2.28. The largest absolute Gasteiger partial charge is 0.254 e. The maximum atomic E-state index is 4.35. The van der Waals surface area contributed by atoms with Crippen LogP contribution >= 0.6 is 0 Å². The van der Waals surface area contributed by atoms with Crippen LogP contribution in [0.3, 0.4) is 0 Å². The SMILES string of the molecule is [Ga][c]1ccccc1.c1cnc2c(c1)ccc1cccnc12. The molecule has 0 aliphatic carbocycles. The van der Waals surface area contributed by atoms with Crippen molar-refractivity contribution in [3.63, 3.8) is 0 Å². The van der Waals surface area contributed by atoms with Crippen molar-refractivity contribution < 1.29 is 0 Å². The number of fused-ring (bicyclic) bond motifs is 3. The van der Waals surface area contributed by atoms with Gasteiger partial charge in [-0.2, -0.15) is 0 Å². The number of hydrogen-bond donors (Lipinski definition) is 0. The molecule has 0 N–H and O–H groups in total. The molecule has 4 aromatic rings. The Morgan fingerprint density at radius 2 is 1.10 bits per heavy atom. The quantitative estimate of drug-likeness (QED) is 0.366. The number of aromatic nitrogens is 2. The van der Waals surface area contributed by atoms with Gasteiger partial charge in [-0.3, -0.25) is 9.97 Å². The van der Waals surface area contributed by atoms with Gasteiger partial charge in [0.2, 0.25) is 0 Å². The first-order valence-corrected chi connectivity index (χ1v) is 7.95. The van der Waals surface area contributed by atoms with E-state index >= 15 is 0 Å². The predicted molar refractivity (Wildman–Crippen MR) is 88.9 cm³/mol. The third-order valence-electron chi connectivity index (χ3n) is 3.14. The molecule has 0 atom stereocenters. The Hall–Kier alpha value is -2.10. The first-order valence-electron chi connectivity index (χ1n) is 6.73. The third kappa shape index (κ3) is 3.32. The van der Waals surface area contributed by atoms with Gasteiger partial charge < -0.3 is 0 Å². The fourth-order valence-electron chi connectivity index (χ4n) is 2.13. The number of benzene rings is 2. The second-order valence-electron chi connectivity index (χ2n) is 4.63. The van der Waals surface area contributed by atoms with Gasteiger partial charge in [-0.25, -0.2) is 0 Å². The van der Waals surface area contributed by atoms with Crippen LogP contribution in [0.25, 0.3) is 21.8 Å². The van der Waals surface area contributed by atoms with Crippen molar-refractivity contribution >= 4 is 44.5 Å². The van der Waals surface area contributed by atoms with Crippen LogP contribution in [-0.4, -0.2) is 28.6 Å². The van der Waals surface area contributed by atoms with Crippen molar-refractivity contribution in [1.29, 1.82) is 0 Å². The average molecular weight is 327 g/mol. The zero-order chi connectivity index (χ0) is 14.5. The summed E-state index contributed by atoms with van der Waals surface area (Å²) in [6.07, 6.45) is 3.60. The standard InChI is InChI=1S/C12H8N2.C6H5.Ga/c1-3-9-5-6-10-4-2-8-14-12(10)11(9)13-7-1;1-2-4-6-5-3-1;/h1-8H;1-5H;. The molecule has 0 spiro atoms. The van der Waals surface area contributed by atoms with Crippen molar-refractivity contribution in [2.45, 2.75) is 0 Å². The molecule has 0 aliphatic heterocycles. The molecular formula is C18H13GaN2. The summed E-state index contributed by atoms with van der Waals surface area (Å²) in [5.74, 6) is 0. The molecule has 0 saturated heterocycles. The summed E-state index contributed by atoms with van der Waals surface area (Å²) in [6, 6.07) is 22.5. The maximum absolute atomic E-state index is 4.35. The first-order chi connectivity index (χ1) is 10.3. The molecule has 2 aromatic heterocycles. The fourth-order valence-corrected chi connectivity index (χ4v) is 2.60. The molecule has 21 heavy (non-hydrogen) atoms. The Morgan fingerprint density at radius 1 is 0.571 bits per heavy atom. The average Bonchev–Trinajstić information content (AvgIpc) is 2.56. The van der Waals surface area contributed by atoms with Gasteiger partial charge in [-0.1, -0.05) is 24.3 Å². The topological polar surface area (TPSA) is 25.8 Å². The zero-order valence-electron chi connectivity index (χ0n) is 11.5. The molecule has 2 radical (unpaired) electrons. The van der Waals surface area contributed by atoms with Crippen LogP contribution in [-0.2, 0) is 0 Å². The normalized spacial score (nSPS) is 10.1. The summed E-state index contributed by atoms with van der Waals surface area (Å²) in [7, 11) is 0. The Balaban J connectivity index is 0.000000160. The second kappa shape index (κ2) is 6.57. The van der Waals surface area contributed by atoms with Crippen LogP contribution in [0.5, 0.6) is 0 Å². The Kier molecular flexibility index (Phi) is 4.33. The maximum Gasteiger partial charge on any atom is 0.0964 e. The third-order valence-corrected chi connectivity index (χ3v) is 3.95. The van der Waals surface area contributed by atoms with Gasteiger partial charge in [0.1, 0.15) is 0 Å². The monoisotopic (exact) mass is 326 g/mol. The summed E-state index contributed by atoms with van der Waals surface area (Å²) in [5.41, 5.74) is 1.95. The van der Waals surface area contributed by atoms with Gasteiger partial charge in [0.15, 0.2) is 0 Å². The van der Waals surface area contributed by atoms with Crippen molar-refractivity contribution in [2.24, 2.45) is 0 Å². The molecule has 3 heteroatoms. The van der Waals surface area contributed by atoms with E-state index in [2.05, 4.69) is 58.5 Å². The molecule has 0 unspecified atom stereocenters. The summed E-state index contributed by atoms with van der Waals surface area (Å²) in [6.45, 7) is 0. The zero-order valence-corrected chi connectivity index (χ0v) is 13.9. The number of rotatable bonds is 0. The molecule has 0 saturated carbocycles. The number of nitrogens with zero attached hydrogens (tertiary/aromatic N) is 2. The van der Waals surface area contributed by atoms with Crippen LogP contribution in [0.15, 0.2) is 79.1 Å². The van der Waals surface area contributed by atoms with Gasteiger partial charge in [-0.15, -0.1) is 0 Å². The molecule has 0 amide bonds. The van der Waals surface area contributed by atoms with Crippen molar-refractivity contribution in [3.8, 4) is 0 Å². The van der Waals surface area contributed by atoms with Crippen molar-refractivity contribution in [3.05, 3.63) is 79.1 Å². The molecule has 2 nitrogen and oxygen atoms in total. The molecule has 0 aliphatic rings. The second-order valence-corrected chi connectivity index (χ2v) is 6.03. The van der Waals surface area contributed by atoms with Crippen LogP contribution in [0.4, 0.5) is 0 Å². The van der Waals surface area contributed by atoms with E-state index in [0.29, 0.717) is 0 Å². The molecule has 98 valence electrons. The summed E-state index contributed by atoms with van der Waals surface area (Å²) in [4.78, 5) is 8.69. The van der Waals surface area contributed by atoms with E-state index in [1.807, 2.05) is 18.2 Å². The summed E-state index contributed by atoms with van der Waals surface area (Å²) < 4.78 is 1.38. The van der Waals surface area contributed by atoms with Gasteiger partial charge in [-0.05, 0) is 12.1 Å². The Labute approximate surface area is 133 Å². The minimum Gasteiger partial charge on any atom is -0.254 e. The van der Waals surface area contributed by atoms with Gasteiger partial charge in [0.05, 0.1) is 11.0 Å². The van der Waals surface area contributed by atoms with E-state index in [4.69, 9.17) is 0 Å². The summed E-state index contributed by atoms with van der Waals surface area (Å²) >= 11 is 1.67. The van der Waals surface area contributed by atoms with E-state index in [9.17, 15) is 0 Å². The smallest absolute Gasteiger partial charge is 0.0964 e. The molecule has 2 aromatic carbocycles. The Morgan fingerprint density at radius 3 is 1.52 bits per heavy atom. The van der Waals surface area contributed by atoms with E-state index in [-0.39, 0.29) is 0 Å². The van der Waals surface area contributed by atoms with Crippen LogP contribution < -0.4 is 4.12 Å². The van der Waals surface area contributed by atoms with Crippen LogP contribution in [0, 0.1) is 0 Å². The van der Waals surface area contributed by atoms with Gasteiger partial charge in [0, 0.05) is 23.2 Å². The number of hydrogen-bond acceptors (Lipinski definition) is 2. The van der Waals surface area contributed by atoms with Crippen LogP contribution in [0.1, 0.15) is 0 Å². The molecule has 0 fully saturated rings. The van der Waals surface area contributed by atoms with Crippen molar-refractivity contribution in [2.75, 3.05) is 0 Å².